The van der Waals surface area contributed by atoms with E-state index in [9.17, 15) is 8.42 Å². The van der Waals surface area contributed by atoms with Crippen molar-refractivity contribution in [1.29, 1.82) is 0 Å². The van der Waals surface area contributed by atoms with E-state index < -0.39 is 10.0 Å². The van der Waals surface area contributed by atoms with Crippen LogP contribution in [0.2, 0.25) is 0 Å². The number of nitrogens with zero attached hydrogens (tertiary/aromatic N) is 2. The molecule has 1 fully saturated rings. The number of anilines is 1. The van der Waals surface area contributed by atoms with Gasteiger partial charge in [0.05, 0.1) is 6.20 Å². The van der Waals surface area contributed by atoms with Crippen molar-refractivity contribution in [1.82, 2.24) is 4.98 Å². The molecular weight excluding hydrogens is 282 g/mol. The summed E-state index contributed by atoms with van der Waals surface area (Å²) in [5.41, 5.74) is 0. The van der Waals surface area contributed by atoms with Crippen molar-refractivity contribution >= 4 is 26.5 Å². The van der Waals surface area contributed by atoms with Crippen LogP contribution in [-0.2, 0) is 10.0 Å². The van der Waals surface area contributed by atoms with Gasteiger partial charge in [0.2, 0.25) is 10.0 Å². The van der Waals surface area contributed by atoms with Gasteiger partial charge in [0.1, 0.15) is 0 Å². The molecule has 2 rings (SSSR count). The van der Waals surface area contributed by atoms with Crippen molar-refractivity contribution in [3.63, 3.8) is 0 Å². The smallest absolute Gasteiger partial charge is 0.249 e. The average molecular weight is 303 g/mol. The predicted molar refractivity (Wildman–Crippen MR) is 77.9 cm³/mol. The molecule has 2 N–H and O–H groups in total. The Hall–Kier alpha value is -0.660. The van der Waals surface area contributed by atoms with Crippen molar-refractivity contribution in [2.24, 2.45) is 17.0 Å². The third-order valence-electron chi connectivity index (χ3n) is 3.44. The normalized spacial score (nSPS) is 18.2. The third-order valence-corrected chi connectivity index (χ3v) is 5.91. The number of hydrogen-bond donors (Lipinski definition) is 1. The largest absolute Gasteiger partial charge is 0.348 e. The van der Waals surface area contributed by atoms with Crippen molar-refractivity contribution in [3.05, 3.63) is 6.20 Å². The van der Waals surface area contributed by atoms with E-state index in [2.05, 4.69) is 23.7 Å². The number of thiazole rings is 1. The number of hydrogen-bond acceptors (Lipinski definition) is 5. The minimum atomic E-state index is -3.62. The molecule has 1 aliphatic heterocycles. The molecule has 0 unspecified atom stereocenters. The fraction of sp³-hybridized carbons (Fsp3) is 0.750. The molecule has 0 aliphatic carbocycles. The zero-order valence-corrected chi connectivity index (χ0v) is 13.0. The van der Waals surface area contributed by atoms with Gasteiger partial charge in [-0.3, -0.25) is 0 Å². The summed E-state index contributed by atoms with van der Waals surface area (Å²) in [6.07, 6.45) is 4.94. The lowest BCUT2D eigenvalue weighted by Crippen LogP contribution is -2.33. The maximum absolute atomic E-state index is 11.2. The van der Waals surface area contributed by atoms with Gasteiger partial charge in [-0.1, -0.05) is 25.2 Å². The maximum Gasteiger partial charge on any atom is 0.249 e. The lowest BCUT2D eigenvalue weighted by molar-refractivity contribution is 0.338. The molecule has 1 aromatic heterocycles. The van der Waals surface area contributed by atoms with Crippen LogP contribution in [0.3, 0.4) is 0 Å². The summed E-state index contributed by atoms with van der Waals surface area (Å²) in [6.45, 7) is 6.42. The number of piperidine rings is 1. The van der Waals surface area contributed by atoms with Crippen LogP contribution >= 0.6 is 11.3 Å². The Labute approximate surface area is 118 Å². The monoisotopic (exact) mass is 303 g/mol. The SMILES string of the molecule is CC(C)CC1CCN(c2ncc(S(N)(=O)=O)s2)CC1. The van der Waals surface area contributed by atoms with Crippen LogP contribution in [0.1, 0.15) is 33.1 Å². The molecule has 0 spiro atoms. The molecule has 0 radical (unpaired) electrons. The van der Waals surface area contributed by atoms with E-state index in [4.69, 9.17) is 5.14 Å². The van der Waals surface area contributed by atoms with E-state index >= 15 is 0 Å². The Morgan fingerprint density at radius 1 is 1.47 bits per heavy atom. The van der Waals surface area contributed by atoms with Gasteiger partial charge in [-0.2, -0.15) is 0 Å². The topological polar surface area (TPSA) is 76.3 Å². The standard InChI is InChI=1S/C12H21N3O2S2/c1-9(2)7-10-3-5-15(6-4-10)12-14-8-11(18-12)19(13,16)17/h8-10H,3-7H2,1-2H3,(H2,13,16,17). The van der Waals surface area contributed by atoms with Gasteiger partial charge in [-0.05, 0) is 31.1 Å². The zero-order chi connectivity index (χ0) is 14.0. The van der Waals surface area contributed by atoms with Crippen molar-refractivity contribution < 1.29 is 8.42 Å². The molecule has 7 heteroatoms. The molecule has 1 aliphatic rings. The molecule has 1 aromatic rings. The van der Waals surface area contributed by atoms with Crippen LogP contribution in [0, 0.1) is 11.8 Å². The summed E-state index contributed by atoms with van der Waals surface area (Å²) in [5.74, 6) is 1.53. The molecule has 0 bridgehead atoms. The molecule has 1 saturated heterocycles. The Morgan fingerprint density at radius 2 is 2.11 bits per heavy atom. The van der Waals surface area contributed by atoms with Gasteiger partial charge in [0.15, 0.2) is 9.34 Å². The Kier molecular flexibility index (Phi) is 4.47. The molecule has 19 heavy (non-hydrogen) atoms. The van der Waals surface area contributed by atoms with Crippen LogP contribution in [0.15, 0.2) is 10.4 Å². The van der Waals surface area contributed by atoms with Crippen LogP contribution in [-0.4, -0.2) is 26.5 Å². The maximum atomic E-state index is 11.2. The fourth-order valence-corrected chi connectivity index (χ4v) is 4.15. The van der Waals surface area contributed by atoms with Crippen LogP contribution < -0.4 is 10.0 Å². The second-order valence-corrected chi connectivity index (χ2v) is 8.36. The van der Waals surface area contributed by atoms with Gasteiger partial charge in [0, 0.05) is 13.1 Å². The van der Waals surface area contributed by atoms with Crippen LogP contribution in [0.4, 0.5) is 5.13 Å². The first-order valence-electron chi connectivity index (χ1n) is 6.60. The molecule has 0 atom stereocenters. The number of primary sulfonamides is 1. The van der Waals surface area contributed by atoms with E-state index in [1.807, 2.05) is 0 Å². The number of aromatic nitrogens is 1. The van der Waals surface area contributed by atoms with Gasteiger partial charge < -0.3 is 4.90 Å². The van der Waals surface area contributed by atoms with E-state index in [0.29, 0.717) is 0 Å². The van der Waals surface area contributed by atoms with Crippen LogP contribution in [0.5, 0.6) is 0 Å². The summed E-state index contributed by atoms with van der Waals surface area (Å²) in [5, 5.41) is 5.87. The van der Waals surface area contributed by atoms with E-state index in [0.717, 1.165) is 54.2 Å². The molecule has 0 amide bonds. The summed E-state index contributed by atoms with van der Waals surface area (Å²) in [4.78, 5) is 6.34. The summed E-state index contributed by atoms with van der Waals surface area (Å²) in [7, 11) is -3.62. The zero-order valence-electron chi connectivity index (χ0n) is 11.4. The molecule has 0 saturated carbocycles. The average Bonchev–Trinajstić information content (AvgIpc) is 2.78. The van der Waals surface area contributed by atoms with E-state index in [-0.39, 0.29) is 4.21 Å². The van der Waals surface area contributed by atoms with Gasteiger partial charge >= 0.3 is 0 Å². The van der Waals surface area contributed by atoms with Crippen molar-refractivity contribution in [3.8, 4) is 0 Å². The predicted octanol–water partition coefficient (Wildman–Crippen LogP) is 2.05. The van der Waals surface area contributed by atoms with Crippen molar-refractivity contribution in [2.45, 2.75) is 37.3 Å². The van der Waals surface area contributed by atoms with E-state index in [1.165, 1.54) is 12.6 Å². The quantitative estimate of drug-likeness (QED) is 0.923. The summed E-state index contributed by atoms with van der Waals surface area (Å²) in [6, 6.07) is 0. The number of rotatable bonds is 4. The molecule has 0 aromatic carbocycles. The highest BCUT2D eigenvalue weighted by molar-refractivity contribution is 7.91. The fourth-order valence-electron chi connectivity index (χ4n) is 2.55. The Bertz CT molecular complexity index is 517. The number of sulfonamides is 1. The third kappa shape index (κ3) is 3.90. The molecule has 2 heterocycles. The van der Waals surface area contributed by atoms with Gasteiger partial charge in [-0.25, -0.2) is 18.5 Å². The first-order chi connectivity index (χ1) is 8.86. The molecule has 108 valence electrons. The highest BCUT2D eigenvalue weighted by atomic mass is 32.2. The Morgan fingerprint density at radius 3 is 2.58 bits per heavy atom. The summed E-state index contributed by atoms with van der Waals surface area (Å²) < 4.78 is 22.6. The highest BCUT2D eigenvalue weighted by Crippen LogP contribution is 2.30. The lowest BCUT2D eigenvalue weighted by atomic mass is 9.89. The first-order valence-corrected chi connectivity index (χ1v) is 8.96. The van der Waals surface area contributed by atoms with Crippen molar-refractivity contribution in [2.75, 3.05) is 18.0 Å². The van der Waals surface area contributed by atoms with E-state index in [1.54, 1.807) is 0 Å². The Balaban J connectivity index is 1.96. The second-order valence-electron chi connectivity index (χ2n) is 5.57. The van der Waals surface area contributed by atoms with Crippen LogP contribution in [0.25, 0.3) is 0 Å². The highest BCUT2D eigenvalue weighted by Gasteiger charge is 2.23. The minimum Gasteiger partial charge on any atom is -0.348 e. The second kappa shape index (κ2) is 5.76. The number of nitrogens with two attached hydrogens (primary N) is 1. The summed E-state index contributed by atoms with van der Waals surface area (Å²) >= 11 is 1.16. The molecule has 5 nitrogen and oxygen atoms in total. The van der Waals surface area contributed by atoms with Gasteiger partial charge in [0.25, 0.3) is 0 Å². The molecular formula is C12H21N3O2S2. The lowest BCUT2D eigenvalue weighted by Gasteiger charge is -2.32. The minimum absolute atomic E-state index is 0.145. The van der Waals surface area contributed by atoms with Gasteiger partial charge in [-0.15, -0.1) is 0 Å². The first kappa shape index (κ1) is 14.7.